The SMILES string of the molecule is O=C(C1CCN(Cc2ccncc2)C1)N1CCC(F)(F)CC1. The number of likely N-dealkylation sites (tertiary alicyclic amines) is 2. The van der Waals surface area contributed by atoms with Crippen molar-refractivity contribution in [2.24, 2.45) is 5.92 Å². The Morgan fingerprint density at radius 2 is 1.91 bits per heavy atom. The van der Waals surface area contributed by atoms with Crippen LogP contribution in [0.3, 0.4) is 0 Å². The van der Waals surface area contributed by atoms with E-state index in [0.717, 1.165) is 19.5 Å². The van der Waals surface area contributed by atoms with Gasteiger partial charge in [-0.2, -0.15) is 0 Å². The fourth-order valence-electron chi connectivity index (χ4n) is 3.24. The molecule has 1 amide bonds. The lowest BCUT2D eigenvalue weighted by atomic mass is 10.0. The molecule has 1 aromatic rings. The molecule has 0 N–H and O–H groups in total. The number of carbonyl (C=O) groups excluding carboxylic acids is 1. The first kappa shape index (κ1) is 15.3. The zero-order valence-corrected chi connectivity index (χ0v) is 12.5. The van der Waals surface area contributed by atoms with Gasteiger partial charge >= 0.3 is 0 Å². The summed E-state index contributed by atoms with van der Waals surface area (Å²) in [6, 6.07) is 3.95. The molecule has 2 saturated heterocycles. The van der Waals surface area contributed by atoms with E-state index >= 15 is 0 Å². The molecule has 0 radical (unpaired) electrons. The molecule has 2 aliphatic heterocycles. The van der Waals surface area contributed by atoms with Crippen molar-refractivity contribution in [3.63, 3.8) is 0 Å². The number of piperidine rings is 1. The summed E-state index contributed by atoms with van der Waals surface area (Å²) in [5.41, 5.74) is 1.18. The normalized spacial score (nSPS) is 25.4. The molecule has 22 heavy (non-hydrogen) atoms. The van der Waals surface area contributed by atoms with Crippen molar-refractivity contribution in [1.82, 2.24) is 14.8 Å². The second-order valence-electron chi connectivity index (χ2n) is 6.26. The Kier molecular flexibility index (Phi) is 4.38. The lowest BCUT2D eigenvalue weighted by molar-refractivity contribution is -0.141. The Balaban J connectivity index is 1.51. The molecule has 3 heterocycles. The Morgan fingerprint density at radius 3 is 2.59 bits per heavy atom. The summed E-state index contributed by atoms with van der Waals surface area (Å²) < 4.78 is 26.3. The van der Waals surface area contributed by atoms with Crippen LogP contribution in [0.4, 0.5) is 8.78 Å². The van der Waals surface area contributed by atoms with Crippen LogP contribution < -0.4 is 0 Å². The second-order valence-corrected chi connectivity index (χ2v) is 6.26. The van der Waals surface area contributed by atoms with Gasteiger partial charge in [0, 0.05) is 51.4 Å². The van der Waals surface area contributed by atoms with E-state index in [9.17, 15) is 13.6 Å². The van der Waals surface area contributed by atoms with Crippen LogP contribution in [0.25, 0.3) is 0 Å². The minimum atomic E-state index is -2.60. The number of hydrogen-bond acceptors (Lipinski definition) is 3. The summed E-state index contributed by atoms with van der Waals surface area (Å²) in [4.78, 5) is 20.3. The minimum absolute atomic E-state index is 0.0476. The highest BCUT2D eigenvalue weighted by Crippen LogP contribution is 2.29. The van der Waals surface area contributed by atoms with Gasteiger partial charge in [-0.05, 0) is 30.7 Å². The van der Waals surface area contributed by atoms with Crippen LogP contribution in [-0.2, 0) is 11.3 Å². The second kappa shape index (κ2) is 6.28. The molecule has 0 aliphatic carbocycles. The topological polar surface area (TPSA) is 36.4 Å². The maximum atomic E-state index is 13.2. The Hall–Kier alpha value is -1.56. The van der Waals surface area contributed by atoms with Gasteiger partial charge in [0.1, 0.15) is 0 Å². The predicted octanol–water partition coefficient (Wildman–Crippen LogP) is 2.16. The molecule has 2 aliphatic rings. The largest absolute Gasteiger partial charge is 0.342 e. The number of carbonyl (C=O) groups is 1. The Labute approximate surface area is 129 Å². The van der Waals surface area contributed by atoms with Crippen molar-refractivity contribution in [2.75, 3.05) is 26.2 Å². The van der Waals surface area contributed by atoms with Crippen molar-refractivity contribution in [2.45, 2.75) is 31.7 Å². The van der Waals surface area contributed by atoms with Crippen molar-refractivity contribution < 1.29 is 13.6 Å². The first-order valence-corrected chi connectivity index (χ1v) is 7.81. The van der Waals surface area contributed by atoms with Gasteiger partial charge in [-0.1, -0.05) is 0 Å². The third kappa shape index (κ3) is 3.61. The van der Waals surface area contributed by atoms with Crippen LogP contribution in [0, 0.1) is 5.92 Å². The van der Waals surface area contributed by atoms with Gasteiger partial charge < -0.3 is 4.90 Å². The molecule has 0 spiro atoms. The van der Waals surface area contributed by atoms with E-state index in [1.54, 1.807) is 17.3 Å². The summed E-state index contributed by atoms with van der Waals surface area (Å²) in [6.07, 6.45) is 3.94. The Morgan fingerprint density at radius 1 is 1.23 bits per heavy atom. The van der Waals surface area contributed by atoms with Gasteiger partial charge in [-0.3, -0.25) is 14.7 Å². The monoisotopic (exact) mass is 309 g/mol. The highest BCUT2D eigenvalue weighted by molar-refractivity contribution is 5.79. The number of nitrogens with zero attached hydrogens (tertiary/aromatic N) is 3. The van der Waals surface area contributed by atoms with Crippen molar-refractivity contribution in [3.05, 3.63) is 30.1 Å². The van der Waals surface area contributed by atoms with Gasteiger partial charge in [-0.15, -0.1) is 0 Å². The highest BCUT2D eigenvalue weighted by Gasteiger charge is 2.38. The summed E-state index contributed by atoms with van der Waals surface area (Å²) in [6.45, 7) is 2.78. The van der Waals surface area contributed by atoms with E-state index in [2.05, 4.69) is 9.88 Å². The van der Waals surface area contributed by atoms with Gasteiger partial charge in [0.15, 0.2) is 0 Å². The summed E-state index contributed by atoms with van der Waals surface area (Å²) >= 11 is 0. The van der Waals surface area contributed by atoms with Crippen molar-refractivity contribution in [1.29, 1.82) is 0 Å². The van der Waals surface area contributed by atoms with Crippen LogP contribution in [-0.4, -0.2) is 52.8 Å². The molecule has 0 aromatic carbocycles. The third-order valence-corrected chi connectivity index (χ3v) is 4.58. The van der Waals surface area contributed by atoms with E-state index < -0.39 is 5.92 Å². The molecule has 120 valence electrons. The lowest BCUT2D eigenvalue weighted by Gasteiger charge is -2.33. The van der Waals surface area contributed by atoms with E-state index in [1.165, 1.54) is 5.56 Å². The molecule has 1 atom stereocenters. The number of hydrogen-bond donors (Lipinski definition) is 0. The zero-order valence-electron chi connectivity index (χ0n) is 12.5. The smallest absolute Gasteiger partial charge is 0.251 e. The first-order chi connectivity index (χ1) is 10.5. The van der Waals surface area contributed by atoms with Gasteiger partial charge in [0.2, 0.25) is 5.91 Å². The molecule has 1 unspecified atom stereocenters. The van der Waals surface area contributed by atoms with Crippen LogP contribution in [0.15, 0.2) is 24.5 Å². The molecule has 2 fully saturated rings. The quantitative estimate of drug-likeness (QED) is 0.858. The molecule has 4 nitrogen and oxygen atoms in total. The summed E-state index contributed by atoms with van der Waals surface area (Å²) in [5.74, 6) is -2.60. The number of halogens is 2. The van der Waals surface area contributed by atoms with E-state index in [4.69, 9.17) is 0 Å². The zero-order chi connectivity index (χ0) is 15.6. The van der Waals surface area contributed by atoms with Crippen molar-refractivity contribution >= 4 is 5.91 Å². The fraction of sp³-hybridized carbons (Fsp3) is 0.625. The molecular weight excluding hydrogens is 288 g/mol. The molecule has 6 heteroatoms. The Bertz CT molecular complexity index is 513. The number of rotatable bonds is 3. The maximum absolute atomic E-state index is 13.2. The lowest BCUT2D eigenvalue weighted by Crippen LogP contribution is -2.45. The predicted molar refractivity (Wildman–Crippen MR) is 78.4 cm³/mol. The van der Waals surface area contributed by atoms with E-state index in [-0.39, 0.29) is 37.8 Å². The number of aromatic nitrogens is 1. The molecule has 3 rings (SSSR count). The van der Waals surface area contributed by atoms with Gasteiger partial charge in [0.25, 0.3) is 5.92 Å². The molecule has 0 saturated carbocycles. The maximum Gasteiger partial charge on any atom is 0.251 e. The van der Waals surface area contributed by atoms with E-state index in [0.29, 0.717) is 6.54 Å². The first-order valence-electron chi connectivity index (χ1n) is 7.81. The van der Waals surface area contributed by atoms with E-state index in [1.807, 2.05) is 12.1 Å². The fourth-order valence-corrected chi connectivity index (χ4v) is 3.24. The summed E-state index contributed by atoms with van der Waals surface area (Å²) in [7, 11) is 0. The van der Waals surface area contributed by atoms with Crippen LogP contribution in [0.2, 0.25) is 0 Å². The summed E-state index contributed by atoms with van der Waals surface area (Å²) in [5, 5.41) is 0. The number of pyridine rings is 1. The van der Waals surface area contributed by atoms with Gasteiger partial charge in [0.05, 0.1) is 5.92 Å². The van der Waals surface area contributed by atoms with Crippen molar-refractivity contribution in [3.8, 4) is 0 Å². The van der Waals surface area contributed by atoms with Gasteiger partial charge in [-0.25, -0.2) is 8.78 Å². The third-order valence-electron chi connectivity index (χ3n) is 4.58. The molecule has 0 bridgehead atoms. The average molecular weight is 309 g/mol. The van der Waals surface area contributed by atoms with Crippen LogP contribution >= 0.6 is 0 Å². The van der Waals surface area contributed by atoms with Crippen LogP contribution in [0.5, 0.6) is 0 Å². The van der Waals surface area contributed by atoms with Crippen LogP contribution in [0.1, 0.15) is 24.8 Å². The number of alkyl halides is 2. The standard InChI is InChI=1S/C16H21F2N3O/c17-16(18)4-9-21(10-5-16)15(22)14-3-8-20(12-14)11-13-1-6-19-7-2-13/h1-2,6-7,14H,3-5,8-12H2. The average Bonchev–Trinajstić information content (AvgIpc) is 2.96. The molecule has 1 aromatic heterocycles. The minimum Gasteiger partial charge on any atom is -0.342 e. The number of amides is 1. The highest BCUT2D eigenvalue weighted by atomic mass is 19.3. The molecular formula is C16H21F2N3O.